The SMILES string of the molecule is O=C(CNC(=O)c1ccc2ccccc2c1)Nc1cccc(Cl)c1. The van der Waals surface area contributed by atoms with Crippen molar-refractivity contribution in [2.45, 2.75) is 0 Å². The van der Waals surface area contributed by atoms with E-state index >= 15 is 0 Å². The molecule has 0 saturated heterocycles. The van der Waals surface area contributed by atoms with Crippen molar-refractivity contribution in [2.75, 3.05) is 11.9 Å². The van der Waals surface area contributed by atoms with Crippen LogP contribution < -0.4 is 10.6 Å². The molecule has 0 aromatic heterocycles. The summed E-state index contributed by atoms with van der Waals surface area (Å²) in [4.78, 5) is 24.1. The summed E-state index contributed by atoms with van der Waals surface area (Å²) >= 11 is 5.86. The lowest BCUT2D eigenvalue weighted by atomic mass is 10.1. The molecule has 2 N–H and O–H groups in total. The molecule has 0 aliphatic rings. The first-order chi connectivity index (χ1) is 11.6. The molecule has 0 bridgehead atoms. The monoisotopic (exact) mass is 338 g/mol. The summed E-state index contributed by atoms with van der Waals surface area (Å²) in [5, 5.41) is 7.87. The zero-order valence-corrected chi connectivity index (χ0v) is 13.5. The van der Waals surface area contributed by atoms with Gasteiger partial charge in [-0.15, -0.1) is 0 Å². The number of amides is 2. The second-order valence-corrected chi connectivity index (χ2v) is 5.74. The van der Waals surface area contributed by atoms with Crippen LogP contribution in [-0.2, 0) is 4.79 Å². The highest BCUT2D eigenvalue weighted by atomic mass is 35.5. The number of hydrogen-bond acceptors (Lipinski definition) is 2. The lowest BCUT2D eigenvalue weighted by Crippen LogP contribution is -2.32. The van der Waals surface area contributed by atoms with E-state index in [9.17, 15) is 9.59 Å². The van der Waals surface area contributed by atoms with Crippen LogP contribution in [-0.4, -0.2) is 18.4 Å². The van der Waals surface area contributed by atoms with Crippen LogP contribution in [0.1, 0.15) is 10.4 Å². The number of rotatable bonds is 4. The Bertz CT molecular complexity index is 909. The maximum absolute atomic E-state index is 12.2. The lowest BCUT2D eigenvalue weighted by molar-refractivity contribution is -0.115. The van der Waals surface area contributed by atoms with E-state index < -0.39 is 0 Å². The van der Waals surface area contributed by atoms with Gasteiger partial charge >= 0.3 is 0 Å². The summed E-state index contributed by atoms with van der Waals surface area (Å²) < 4.78 is 0. The van der Waals surface area contributed by atoms with Crippen LogP contribution in [0, 0.1) is 0 Å². The molecule has 0 saturated carbocycles. The third kappa shape index (κ3) is 3.91. The molecule has 0 atom stereocenters. The van der Waals surface area contributed by atoms with Gasteiger partial charge in [0.15, 0.2) is 0 Å². The topological polar surface area (TPSA) is 58.2 Å². The minimum Gasteiger partial charge on any atom is -0.343 e. The van der Waals surface area contributed by atoms with Crippen molar-refractivity contribution in [2.24, 2.45) is 0 Å². The van der Waals surface area contributed by atoms with Gasteiger partial charge in [-0.05, 0) is 41.1 Å². The Morgan fingerprint density at radius 3 is 2.46 bits per heavy atom. The molecule has 120 valence electrons. The van der Waals surface area contributed by atoms with Crippen molar-refractivity contribution in [3.05, 3.63) is 77.3 Å². The van der Waals surface area contributed by atoms with E-state index in [1.165, 1.54) is 0 Å². The number of halogens is 1. The molecule has 3 aromatic rings. The van der Waals surface area contributed by atoms with Gasteiger partial charge in [-0.3, -0.25) is 9.59 Å². The molecule has 0 radical (unpaired) electrons. The summed E-state index contributed by atoms with van der Waals surface area (Å²) in [6, 6.07) is 20.1. The molecule has 2 amide bonds. The van der Waals surface area contributed by atoms with Crippen molar-refractivity contribution < 1.29 is 9.59 Å². The Hall–Kier alpha value is -2.85. The minimum absolute atomic E-state index is 0.113. The predicted octanol–water partition coefficient (Wildman–Crippen LogP) is 3.86. The van der Waals surface area contributed by atoms with Crippen molar-refractivity contribution in [3.63, 3.8) is 0 Å². The van der Waals surface area contributed by atoms with E-state index in [2.05, 4.69) is 10.6 Å². The van der Waals surface area contributed by atoms with Gasteiger partial charge in [0.1, 0.15) is 0 Å². The number of carbonyl (C=O) groups is 2. The van der Waals surface area contributed by atoms with Crippen LogP contribution in [0.25, 0.3) is 10.8 Å². The molecule has 0 unspecified atom stereocenters. The number of hydrogen-bond donors (Lipinski definition) is 2. The Kier molecular flexibility index (Phi) is 4.77. The number of anilines is 1. The standard InChI is InChI=1S/C19H15ClN2O2/c20-16-6-3-7-17(11-16)22-18(23)12-21-19(24)15-9-8-13-4-1-2-5-14(13)10-15/h1-11H,12H2,(H,21,24)(H,22,23). The van der Waals surface area contributed by atoms with Gasteiger partial charge in [-0.2, -0.15) is 0 Å². The largest absolute Gasteiger partial charge is 0.343 e. The minimum atomic E-state index is -0.314. The normalized spacial score (nSPS) is 10.4. The molecule has 0 heterocycles. The first-order valence-corrected chi connectivity index (χ1v) is 7.82. The Labute approximate surface area is 144 Å². The van der Waals surface area contributed by atoms with Crippen molar-refractivity contribution >= 4 is 39.9 Å². The average molecular weight is 339 g/mol. The molecule has 0 aliphatic carbocycles. The lowest BCUT2D eigenvalue weighted by Gasteiger charge is -2.08. The first-order valence-electron chi connectivity index (χ1n) is 7.44. The van der Waals surface area contributed by atoms with E-state index in [-0.39, 0.29) is 18.4 Å². The van der Waals surface area contributed by atoms with Gasteiger partial charge < -0.3 is 10.6 Å². The Balaban J connectivity index is 1.60. The van der Waals surface area contributed by atoms with Crippen LogP contribution in [0.4, 0.5) is 5.69 Å². The maximum Gasteiger partial charge on any atom is 0.251 e. The molecule has 5 heteroatoms. The average Bonchev–Trinajstić information content (AvgIpc) is 2.59. The van der Waals surface area contributed by atoms with Crippen LogP contribution in [0.3, 0.4) is 0 Å². The number of nitrogens with one attached hydrogen (secondary N) is 2. The predicted molar refractivity (Wildman–Crippen MR) is 96.4 cm³/mol. The van der Waals surface area contributed by atoms with E-state index in [0.717, 1.165) is 10.8 Å². The third-order valence-corrected chi connectivity index (χ3v) is 3.76. The van der Waals surface area contributed by atoms with Crippen molar-refractivity contribution in [1.29, 1.82) is 0 Å². The van der Waals surface area contributed by atoms with E-state index in [1.807, 2.05) is 30.3 Å². The van der Waals surface area contributed by atoms with Crippen molar-refractivity contribution in [3.8, 4) is 0 Å². The van der Waals surface area contributed by atoms with E-state index in [0.29, 0.717) is 16.3 Å². The fourth-order valence-corrected chi connectivity index (χ4v) is 2.55. The van der Waals surface area contributed by atoms with Crippen LogP contribution in [0.5, 0.6) is 0 Å². The Morgan fingerprint density at radius 2 is 1.67 bits per heavy atom. The quantitative estimate of drug-likeness (QED) is 0.759. The highest BCUT2D eigenvalue weighted by molar-refractivity contribution is 6.30. The van der Waals surface area contributed by atoms with Gasteiger partial charge in [-0.25, -0.2) is 0 Å². The molecule has 0 spiro atoms. The van der Waals surface area contributed by atoms with Gasteiger partial charge in [0.05, 0.1) is 6.54 Å². The second kappa shape index (κ2) is 7.15. The van der Waals surface area contributed by atoms with Crippen LogP contribution in [0.2, 0.25) is 5.02 Å². The van der Waals surface area contributed by atoms with Gasteiger partial charge in [0.25, 0.3) is 5.91 Å². The second-order valence-electron chi connectivity index (χ2n) is 5.30. The van der Waals surface area contributed by atoms with Gasteiger partial charge in [0, 0.05) is 16.3 Å². The zero-order chi connectivity index (χ0) is 16.9. The highest BCUT2D eigenvalue weighted by Crippen LogP contribution is 2.16. The molecule has 24 heavy (non-hydrogen) atoms. The molecule has 3 rings (SSSR count). The summed E-state index contributed by atoms with van der Waals surface area (Å²) in [5.74, 6) is -0.603. The van der Waals surface area contributed by atoms with Crippen LogP contribution >= 0.6 is 11.6 Å². The zero-order valence-electron chi connectivity index (χ0n) is 12.8. The molecule has 3 aromatic carbocycles. The van der Waals surface area contributed by atoms with Crippen molar-refractivity contribution in [1.82, 2.24) is 5.32 Å². The first kappa shape index (κ1) is 16.0. The fraction of sp³-hybridized carbons (Fsp3) is 0.0526. The Morgan fingerprint density at radius 1 is 0.875 bits per heavy atom. The number of benzene rings is 3. The number of fused-ring (bicyclic) bond motifs is 1. The van der Waals surface area contributed by atoms with Gasteiger partial charge in [0.2, 0.25) is 5.91 Å². The third-order valence-electron chi connectivity index (χ3n) is 3.53. The molecular formula is C19H15ClN2O2. The summed E-state index contributed by atoms with van der Waals surface area (Å²) in [6.07, 6.45) is 0. The maximum atomic E-state index is 12.2. The van der Waals surface area contributed by atoms with Crippen LogP contribution in [0.15, 0.2) is 66.7 Å². The summed E-state index contributed by atoms with van der Waals surface area (Å²) in [5.41, 5.74) is 1.11. The summed E-state index contributed by atoms with van der Waals surface area (Å²) in [6.45, 7) is -0.113. The smallest absolute Gasteiger partial charge is 0.251 e. The van der Waals surface area contributed by atoms with E-state index in [1.54, 1.807) is 36.4 Å². The van der Waals surface area contributed by atoms with Gasteiger partial charge in [-0.1, -0.05) is 48.0 Å². The molecule has 4 nitrogen and oxygen atoms in total. The molecule has 0 aliphatic heterocycles. The van der Waals surface area contributed by atoms with E-state index in [4.69, 9.17) is 11.6 Å². The fourth-order valence-electron chi connectivity index (χ4n) is 2.36. The summed E-state index contributed by atoms with van der Waals surface area (Å²) in [7, 11) is 0. The number of carbonyl (C=O) groups excluding carboxylic acids is 2. The molecule has 0 fully saturated rings. The molecular weight excluding hydrogens is 324 g/mol. The highest BCUT2D eigenvalue weighted by Gasteiger charge is 2.09.